The largest absolute Gasteiger partial charge is 0.495 e. The number of hydrogen-bond donors (Lipinski definition) is 1. The number of carbonyl (C=O) groups excluding carboxylic acids is 1. The van der Waals surface area contributed by atoms with Gasteiger partial charge >= 0.3 is 0 Å². The summed E-state index contributed by atoms with van der Waals surface area (Å²) in [5.74, 6) is -0.209. The number of benzene rings is 3. The first-order valence-corrected chi connectivity index (χ1v) is 13.9. The Bertz CT molecular complexity index is 1480. The fourth-order valence-electron chi connectivity index (χ4n) is 4.49. The van der Waals surface area contributed by atoms with Crippen molar-refractivity contribution in [1.29, 1.82) is 0 Å². The number of piperazine rings is 1. The maximum atomic E-state index is 13.3. The average molecular weight is 551 g/mol. The van der Waals surface area contributed by atoms with Crippen molar-refractivity contribution in [2.45, 2.75) is 18.4 Å². The quantitative estimate of drug-likeness (QED) is 0.381. The van der Waals surface area contributed by atoms with Gasteiger partial charge < -0.3 is 9.64 Å². The number of nitrogens with one attached hydrogen (secondary N) is 1. The minimum Gasteiger partial charge on any atom is -0.495 e. The Labute approximate surface area is 228 Å². The highest BCUT2D eigenvalue weighted by Gasteiger charge is 2.25. The number of nitrogens with zero attached hydrogens (tertiary/aromatic N) is 3. The fourth-order valence-corrected chi connectivity index (χ4v) is 5.75. The first kappa shape index (κ1) is 28.0. The minimum atomic E-state index is -4.04. The van der Waals surface area contributed by atoms with Crippen LogP contribution in [-0.2, 0) is 16.6 Å². The molecule has 0 aromatic heterocycles. The van der Waals surface area contributed by atoms with E-state index in [1.165, 1.54) is 37.4 Å². The van der Waals surface area contributed by atoms with Crippen molar-refractivity contribution >= 4 is 40.1 Å². The van der Waals surface area contributed by atoms with Gasteiger partial charge in [0.25, 0.3) is 15.9 Å². The molecule has 0 aliphatic carbocycles. The van der Waals surface area contributed by atoms with Crippen molar-refractivity contribution in [3.05, 3.63) is 89.2 Å². The number of hydrogen-bond acceptors (Lipinski definition) is 6. The Kier molecular flexibility index (Phi) is 8.78. The summed E-state index contributed by atoms with van der Waals surface area (Å²) >= 11 is 0. The molecule has 3 aromatic carbocycles. The molecule has 1 fully saturated rings. The van der Waals surface area contributed by atoms with Crippen LogP contribution in [-0.4, -0.2) is 64.1 Å². The average Bonchev–Trinajstić information content (AvgIpc) is 2.94. The van der Waals surface area contributed by atoms with E-state index in [-0.39, 0.29) is 33.7 Å². The maximum Gasteiger partial charge on any atom is 0.264 e. The highest BCUT2D eigenvalue weighted by atomic mass is 32.2. The van der Waals surface area contributed by atoms with E-state index in [0.717, 1.165) is 5.56 Å². The molecule has 1 saturated heterocycles. The van der Waals surface area contributed by atoms with Crippen LogP contribution in [0.5, 0.6) is 5.75 Å². The highest BCUT2D eigenvalue weighted by Crippen LogP contribution is 2.33. The third-order valence-corrected chi connectivity index (χ3v) is 7.89. The minimum absolute atomic E-state index is 0.0196. The van der Waals surface area contributed by atoms with E-state index in [4.69, 9.17) is 4.74 Å². The van der Waals surface area contributed by atoms with Gasteiger partial charge in [-0.2, -0.15) is 0 Å². The van der Waals surface area contributed by atoms with E-state index in [0.29, 0.717) is 43.9 Å². The van der Waals surface area contributed by atoms with Crippen LogP contribution in [0.25, 0.3) is 6.08 Å². The van der Waals surface area contributed by atoms with Gasteiger partial charge in [0.2, 0.25) is 0 Å². The van der Waals surface area contributed by atoms with Gasteiger partial charge in [-0.05, 0) is 55.6 Å². The topological polar surface area (TPSA) is 91.3 Å². The lowest BCUT2D eigenvalue weighted by Gasteiger charge is -2.35. The molecule has 3 aromatic rings. The van der Waals surface area contributed by atoms with Crippen molar-refractivity contribution in [2.75, 3.05) is 38.0 Å². The predicted octanol–water partition coefficient (Wildman–Crippen LogP) is 4.96. The van der Waals surface area contributed by atoms with Crippen molar-refractivity contribution < 1.29 is 22.3 Å². The number of rotatable bonds is 9. The zero-order valence-corrected chi connectivity index (χ0v) is 22.7. The van der Waals surface area contributed by atoms with E-state index in [2.05, 4.69) is 21.3 Å². The van der Waals surface area contributed by atoms with Crippen LogP contribution >= 0.6 is 0 Å². The van der Waals surface area contributed by atoms with Gasteiger partial charge in [-0.3, -0.25) is 19.4 Å². The van der Waals surface area contributed by atoms with E-state index in [1.54, 1.807) is 47.4 Å². The van der Waals surface area contributed by atoms with Gasteiger partial charge in [-0.25, -0.2) is 12.8 Å². The Morgan fingerprint density at radius 1 is 1.10 bits per heavy atom. The summed E-state index contributed by atoms with van der Waals surface area (Å²) in [5.41, 5.74) is 2.48. The zero-order chi connectivity index (χ0) is 28.0. The van der Waals surface area contributed by atoms with Crippen LogP contribution in [0.2, 0.25) is 0 Å². The SMILES string of the molecule is C=Nc1c(/C=C\C)cccc1S(=O)(=O)Nc1ccc(C(=O)N2CCN(Cc3ccc(F)cc3)CC2)cc1OC. The first-order chi connectivity index (χ1) is 18.7. The molecule has 0 saturated carbocycles. The molecule has 0 unspecified atom stereocenters. The Morgan fingerprint density at radius 3 is 2.46 bits per heavy atom. The maximum absolute atomic E-state index is 13.3. The van der Waals surface area contributed by atoms with Crippen LogP contribution in [0.1, 0.15) is 28.4 Å². The van der Waals surface area contributed by atoms with Crippen molar-refractivity contribution in [1.82, 2.24) is 9.80 Å². The van der Waals surface area contributed by atoms with Gasteiger partial charge in [0.05, 0.1) is 18.5 Å². The highest BCUT2D eigenvalue weighted by molar-refractivity contribution is 7.92. The van der Waals surface area contributed by atoms with Crippen molar-refractivity contribution in [3.8, 4) is 5.75 Å². The predicted molar refractivity (Wildman–Crippen MR) is 152 cm³/mol. The third-order valence-electron chi connectivity index (χ3n) is 6.50. The smallest absolute Gasteiger partial charge is 0.264 e. The zero-order valence-electron chi connectivity index (χ0n) is 21.9. The fraction of sp³-hybridized carbons (Fsp3) is 0.241. The normalized spacial score (nSPS) is 14.4. The standard InChI is InChI=1S/C29H31FN4O4S/c1-4-6-22-7-5-8-27(28(22)31-2)39(36,37)32-25-14-11-23(19-26(25)38-3)29(35)34-17-15-33(16-18-34)20-21-9-12-24(30)13-10-21/h4-14,19,32H,2,15-18,20H2,1,3H3/b6-4-. The molecule has 0 radical (unpaired) electrons. The summed E-state index contributed by atoms with van der Waals surface area (Å²) in [6.45, 7) is 8.49. The molecule has 1 aliphatic heterocycles. The number of aliphatic imine (C=N–C) groups is 1. The molecule has 39 heavy (non-hydrogen) atoms. The second-order valence-electron chi connectivity index (χ2n) is 9.07. The van der Waals surface area contributed by atoms with E-state index in [9.17, 15) is 17.6 Å². The number of methoxy groups -OCH3 is 1. The second kappa shape index (κ2) is 12.2. The first-order valence-electron chi connectivity index (χ1n) is 12.4. The van der Waals surface area contributed by atoms with Crippen LogP contribution < -0.4 is 9.46 Å². The van der Waals surface area contributed by atoms with Gasteiger partial charge in [0.15, 0.2) is 0 Å². The molecule has 1 N–H and O–H groups in total. The molecular weight excluding hydrogens is 519 g/mol. The van der Waals surface area contributed by atoms with Gasteiger partial charge in [-0.15, -0.1) is 0 Å². The van der Waals surface area contributed by atoms with Crippen LogP contribution in [0, 0.1) is 5.82 Å². The second-order valence-corrected chi connectivity index (χ2v) is 10.7. The molecule has 4 rings (SSSR count). The van der Waals surface area contributed by atoms with Crippen LogP contribution in [0.15, 0.2) is 76.6 Å². The lowest BCUT2D eigenvalue weighted by Crippen LogP contribution is -2.48. The molecule has 1 heterocycles. The molecule has 1 aliphatic rings. The lowest BCUT2D eigenvalue weighted by atomic mass is 10.1. The third kappa shape index (κ3) is 6.52. The lowest BCUT2D eigenvalue weighted by molar-refractivity contribution is 0.0628. The van der Waals surface area contributed by atoms with Crippen LogP contribution in [0.4, 0.5) is 15.8 Å². The number of sulfonamides is 1. The Morgan fingerprint density at radius 2 is 1.82 bits per heavy atom. The van der Waals surface area contributed by atoms with E-state index in [1.807, 2.05) is 6.92 Å². The van der Waals surface area contributed by atoms with Gasteiger partial charge in [0, 0.05) is 43.9 Å². The number of halogens is 1. The Hall–Kier alpha value is -4.02. The number of allylic oxidation sites excluding steroid dienone is 1. The summed E-state index contributed by atoms with van der Waals surface area (Å²) < 4.78 is 47.7. The molecule has 10 heteroatoms. The summed E-state index contributed by atoms with van der Waals surface area (Å²) in [7, 11) is -2.62. The molecule has 0 bridgehead atoms. The molecule has 1 amide bonds. The molecule has 0 atom stereocenters. The van der Waals surface area contributed by atoms with Gasteiger partial charge in [0.1, 0.15) is 16.5 Å². The van der Waals surface area contributed by atoms with Crippen molar-refractivity contribution in [3.63, 3.8) is 0 Å². The number of para-hydroxylation sites is 1. The summed E-state index contributed by atoms with van der Waals surface area (Å²) in [6.07, 6.45) is 3.55. The molecule has 8 nitrogen and oxygen atoms in total. The number of carbonyl (C=O) groups is 1. The molecule has 0 spiro atoms. The van der Waals surface area contributed by atoms with E-state index >= 15 is 0 Å². The summed E-state index contributed by atoms with van der Waals surface area (Å²) in [5, 5.41) is 0. The molecule has 204 valence electrons. The number of ether oxygens (including phenoxy) is 1. The summed E-state index contributed by atoms with van der Waals surface area (Å²) in [4.78, 5) is 21.1. The summed E-state index contributed by atoms with van der Waals surface area (Å²) in [6, 6.07) is 15.9. The monoisotopic (exact) mass is 550 g/mol. The number of amides is 1. The van der Waals surface area contributed by atoms with E-state index < -0.39 is 10.0 Å². The van der Waals surface area contributed by atoms with Crippen LogP contribution in [0.3, 0.4) is 0 Å². The Balaban J connectivity index is 1.46. The number of anilines is 1. The van der Waals surface area contributed by atoms with Crippen molar-refractivity contribution in [2.24, 2.45) is 4.99 Å². The molecular formula is C29H31FN4O4S. The van der Waals surface area contributed by atoms with Gasteiger partial charge in [-0.1, -0.05) is 36.4 Å².